The Morgan fingerprint density at radius 1 is 1.24 bits per heavy atom. The molecular weight excluding hydrogens is 373 g/mol. The van der Waals surface area contributed by atoms with Gasteiger partial charge < -0.3 is 19.6 Å². The Kier molecular flexibility index (Phi) is 6.05. The van der Waals surface area contributed by atoms with Crippen molar-refractivity contribution in [2.24, 2.45) is 11.8 Å². The van der Waals surface area contributed by atoms with Crippen molar-refractivity contribution in [3.8, 4) is 11.3 Å². The maximum atomic E-state index is 13.1. The van der Waals surface area contributed by atoms with Gasteiger partial charge in [0.2, 0.25) is 5.91 Å². The molecular formula is C22H24FN3O3. The molecule has 1 aliphatic heterocycles. The molecule has 7 heteroatoms. The molecule has 1 fully saturated rings. The van der Waals surface area contributed by atoms with Crippen LogP contribution in [-0.2, 0) is 17.8 Å². The van der Waals surface area contributed by atoms with Gasteiger partial charge in [-0.05, 0) is 74.2 Å². The van der Waals surface area contributed by atoms with Gasteiger partial charge in [0, 0.05) is 18.1 Å². The molecule has 0 saturated carbocycles. The van der Waals surface area contributed by atoms with Crippen LogP contribution in [0.3, 0.4) is 0 Å². The van der Waals surface area contributed by atoms with Crippen molar-refractivity contribution in [2.45, 2.75) is 25.8 Å². The van der Waals surface area contributed by atoms with Crippen molar-refractivity contribution < 1.29 is 18.1 Å². The van der Waals surface area contributed by atoms with E-state index in [1.54, 1.807) is 18.4 Å². The number of hydrogen-bond donors (Lipinski definition) is 2. The number of hydrogen-bond acceptors (Lipinski definition) is 5. The summed E-state index contributed by atoms with van der Waals surface area (Å²) in [5, 5.41) is 10.5. The highest BCUT2D eigenvalue weighted by molar-refractivity contribution is 5.76. The Balaban J connectivity index is 1.35. The largest absolute Gasteiger partial charge is 0.467 e. The second-order valence-corrected chi connectivity index (χ2v) is 7.47. The lowest BCUT2D eigenvalue weighted by Gasteiger charge is -2.31. The monoisotopic (exact) mass is 397 g/mol. The van der Waals surface area contributed by atoms with Crippen LogP contribution in [0.25, 0.3) is 11.3 Å². The fourth-order valence-electron chi connectivity index (χ4n) is 3.82. The van der Waals surface area contributed by atoms with Crippen molar-refractivity contribution >= 4 is 5.91 Å². The van der Waals surface area contributed by atoms with Crippen LogP contribution in [-0.4, -0.2) is 24.2 Å². The zero-order valence-electron chi connectivity index (χ0n) is 16.1. The minimum absolute atomic E-state index is 0.0328. The van der Waals surface area contributed by atoms with E-state index in [-0.39, 0.29) is 17.6 Å². The molecule has 6 nitrogen and oxygen atoms in total. The van der Waals surface area contributed by atoms with Gasteiger partial charge in [0.25, 0.3) is 0 Å². The summed E-state index contributed by atoms with van der Waals surface area (Å²) in [6.45, 7) is 2.16. The van der Waals surface area contributed by atoms with E-state index < -0.39 is 0 Å². The lowest BCUT2D eigenvalue weighted by atomic mass is 9.81. The molecule has 0 aliphatic carbocycles. The molecule has 0 radical (unpaired) electrons. The number of amides is 1. The van der Waals surface area contributed by atoms with Crippen molar-refractivity contribution in [2.75, 3.05) is 13.1 Å². The number of carbonyl (C=O) groups is 1. The van der Waals surface area contributed by atoms with Crippen LogP contribution in [0, 0.1) is 17.7 Å². The zero-order valence-corrected chi connectivity index (χ0v) is 16.1. The van der Waals surface area contributed by atoms with E-state index in [1.807, 2.05) is 18.2 Å². The van der Waals surface area contributed by atoms with Gasteiger partial charge in [-0.2, -0.15) is 0 Å². The van der Waals surface area contributed by atoms with Crippen LogP contribution in [0.5, 0.6) is 0 Å². The van der Waals surface area contributed by atoms with Gasteiger partial charge in [0.1, 0.15) is 11.6 Å². The van der Waals surface area contributed by atoms with Gasteiger partial charge in [-0.3, -0.25) is 4.79 Å². The standard InChI is InChI=1S/C22H24FN3O3/c23-18-5-3-15(4-6-18)21-12-19(26-29-21)10-17-13-24-8-7-16(17)11-22(27)25-14-20-2-1-9-28-20/h1-6,9,12,16-17,24H,7-8,10-11,13-14H2,(H,25,27)/t16-,17-/m0/s1. The van der Waals surface area contributed by atoms with E-state index in [1.165, 1.54) is 12.1 Å². The number of carbonyl (C=O) groups excluding carboxylic acids is 1. The van der Waals surface area contributed by atoms with Gasteiger partial charge in [0.05, 0.1) is 18.5 Å². The third kappa shape index (κ3) is 5.12. The molecule has 0 bridgehead atoms. The van der Waals surface area contributed by atoms with Crippen LogP contribution in [0.15, 0.2) is 57.7 Å². The fraction of sp³-hybridized carbons (Fsp3) is 0.364. The first-order chi connectivity index (χ1) is 14.2. The molecule has 2 aromatic heterocycles. The van der Waals surface area contributed by atoms with Gasteiger partial charge in [0.15, 0.2) is 5.76 Å². The van der Waals surface area contributed by atoms with Gasteiger partial charge in [-0.1, -0.05) is 5.16 Å². The van der Waals surface area contributed by atoms with Gasteiger partial charge in [-0.15, -0.1) is 0 Å². The van der Waals surface area contributed by atoms with Crippen molar-refractivity contribution in [3.63, 3.8) is 0 Å². The second kappa shape index (κ2) is 9.05. The molecule has 1 aromatic carbocycles. The highest BCUT2D eigenvalue weighted by Gasteiger charge is 2.28. The molecule has 0 unspecified atom stereocenters. The molecule has 2 atom stereocenters. The topological polar surface area (TPSA) is 80.3 Å². The van der Waals surface area contributed by atoms with E-state index in [9.17, 15) is 9.18 Å². The van der Waals surface area contributed by atoms with Crippen molar-refractivity contribution in [1.82, 2.24) is 15.8 Å². The Labute approximate surface area is 168 Å². The summed E-state index contributed by atoms with van der Waals surface area (Å²) >= 11 is 0. The maximum absolute atomic E-state index is 13.1. The number of nitrogens with zero attached hydrogens (tertiary/aromatic N) is 1. The van der Waals surface area contributed by atoms with Crippen molar-refractivity contribution in [3.05, 3.63) is 66.0 Å². The highest BCUT2D eigenvalue weighted by atomic mass is 19.1. The molecule has 1 amide bonds. The van der Waals surface area contributed by atoms with Crippen LogP contribution < -0.4 is 10.6 Å². The lowest BCUT2D eigenvalue weighted by Crippen LogP contribution is -2.40. The number of nitrogens with one attached hydrogen (secondary N) is 2. The summed E-state index contributed by atoms with van der Waals surface area (Å²) in [5.74, 6) is 1.69. The summed E-state index contributed by atoms with van der Waals surface area (Å²) in [4.78, 5) is 12.4. The lowest BCUT2D eigenvalue weighted by molar-refractivity contribution is -0.122. The number of rotatable bonds is 7. The average molecular weight is 397 g/mol. The summed E-state index contributed by atoms with van der Waals surface area (Å²) in [6.07, 6.45) is 3.76. The number of halogens is 1. The first kappa shape index (κ1) is 19.4. The summed E-state index contributed by atoms with van der Waals surface area (Å²) in [5.41, 5.74) is 1.64. The summed E-state index contributed by atoms with van der Waals surface area (Å²) in [7, 11) is 0. The minimum Gasteiger partial charge on any atom is -0.467 e. The average Bonchev–Trinajstić information content (AvgIpc) is 3.41. The predicted octanol–water partition coefficient (Wildman–Crippen LogP) is 3.55. The summed E-state index contributed by atoms with van der Waals surface area (Å²) in [6, 6.07) is 11.7. The second-order valence-electron chi connectivity index (χ2n) is 7.47. The van der Waals surface area contributed by atoms with Crippen LogP contribution in [0.2, 0.25) is 0 Å². The molecule has 2 N–H and O–H groups in total. The third-order valence-electron chi connectivity index (χ3n) is 5.41. The first-order valence-electron chi connectivity index (χ1n) is 9.88. The fourth-order valence-corrected chi connectivity index (χ4v) is 3.82. The Morgan fingerprint density at radius 3 is 2.90 bits per heavy atom. The summed E-state index contributed by atoms with van der Waals surface area (Å²) < 4.78 is 23.8. The van der Waals surface area contributed by atoms with E-state index >= 15 is 0 Å². The number of benzene rings is 1. The predicted molar refractivity (Wildman–Crippen MR) is 105 cm³/mol. The third-order valence-corrected chi connectivity index (χ3v) is 5.41. The Morgan fingerprint density at radius 2 is 2.10 bits per heavy atom. The SMILES string of the molecule is O=C(C[C@@H]1CCNC[C@@H]1Cc1cc(-c2ccc(F)cc2)on1)NCc1ccco1. The number of aromatic nitrogens is 1. The number of furan rings is 1. The van der Waals surface area contributed by atoms with Crippen LogP contribution in [0.4, 0.5) is 4.39 Å². The molecule has 152 valence electrons. The van der Waals surface area contributed by atoms with Crippen LogP contribution in [0.1, 0.15) is 24.3 Å². The van der Waals surface area contributed by atoms with E-state index in [4.69, 9.17) is 8.94 Å². The Bertz CT molecular complexity index is 921. The molecule has 3 heterocycles. The molecule has 4 rings (SSSR count). The highest BCUT2D eigenvalue weighted by Crippen LogP contribution is 2.28. The normalized spacial score (nSPS) is 19.2. The van der Waals surface area contributed by atoms with E-state index in [0.29, 0.717) is 24.6 Å². The van der Waals surface area contributed by atoms with Gasteiger partial charge in [-0.25, -0.2) is 4.39 Å². The molecule has 1 saturated heterocycles. The van der Waals surface area contributed by atoms with Crippen molar-refractivity contribution in [1.29, 1.82) is 0 Å². The maximum Gasteiger partial charge on any atom is 0.220 e. The Hall–Kier alpha value is -2.93. The number of piperidine rings is 1. The first-order valence-corrected chi connectivity index (χ1v) is 9.88. The molecule has 3 aromatic rings. The smallest absolute Gasteiger partial charge is 0.220 e. The molecule has 1 aliphatic rings. The van der Waals surface area contributed by atoms with E-state index in [2.05, 4.69) is 15.8 Å². The zero-order chi connectivity index (χ0) is 20.1. The van der Waals surface area contributed by atoms with Gasteiger partial charge >= 0.3 is 0 Å². The van der Waals surface area contributed by atoms with E-state index in [0.717, 1.165) is 42.9 Å². The molecule has 29 heavy (non-hydrogen) atoms. The van der Waals surface area contributed by atoms with Crippen LogP contribution >= 0.6 is 0 Å². The molecule has 0 spiro atoms. The minimum atomic E-state index is -0.282. The quantitative estimate of drug-likeness (QED) is 0.637.